The first-order chi connectivity index (χ1) is 4.13. The van der Waals surface area contributed by atoms with Gasteiger partial charge in [0.2, 0.25) is 0 Å². The van der Waals surface area contributed by atoms with E-state index in [4.69, 9.17) is 5.73 Å². The highest BCUT2D eigenvalue weighted by molar-refractivity contribution is 5.71. The summed E-state index contributed by atoms with van der Waals surface area (Å²) in [6.45, 7) is 7.70. The van der Waals surface area contributed by atoms with E-state index in [0.717, 1.165) is 0 Å². The second-order valence-electron chi connectivity index (χ2n) is 1.66. The van der Waals surface area contributed by atoms with Crippen LogP contribution in [0.2, 0.25) is 0 Å². The van der Waals surface area contributed by atoms with Gasteiger partial charge in [0.15, 0.2) is 0 Å². The molecule has 0 unspecified atom stereocenters. The maximum absolute atomic E-state index is 9.92. The lowest BCUT2D eigenvalue weighted by Gasteiger charge is -2.01. The van der Waals surface area contributed by atoms with Gasteiger partial charge in [-0.25, -0.2) is 4.79 Å². The summed E-state index contributed by atoms with van der Waals surface area (Å²) < 4.78 is 0. The number of primary amides is 1. The van der Waals surface area contributed by atoms with E-state index in [1.54, 1.807) is 0 Å². The lowest BCUT2D eigenvalue weighted by Crippen LogP contribution is -2.34. The first-order valence-electron chi connectivity index (χ1n) is 3.19. The zero-order chi connectivity index (χ0) is 7.86. The monoisotopic (exact) mass is 132 g/mol. The second-order valence-corrected chi connectivity index (χ2v) is 1.66. The topological polar surface area (TPSA) is 55.1 Å². The number of nitrogens with one attached hydrogen (secondary N) is 1. The van der Waals surface area contributed by atoms with E-state index in [9.17, 15) is 4.79 Å². The molecular formula is C6H16N2O. The van der Waals surface area contributed by atoms with E-state index in [1.165, 1.54) is 0 Å². The SMILES string of the molecule is CC.CC(C)NC(N)=O. The Morgan fingerprint density at radius 1 is 1.44 bits per heavy atom. The van der Waals surface area contributed by atoms with Gasteiger partial charge >= 0.3 is 6.03 Å². The standard InChI is InChI=1S/C4H10N2O.C2H6/c1-3(2)6-4(5)7;1-2/h3H,1-2H3,(H3,5,6,7);1-2H3. The lowest BCUT2D eigenvalue weighted by molar-refractivity contribution is 0.247. The Kier molecular flexibility index (Phi) is 8.98. The molecule has 0 aromatic heterocycles. The molecule has 3 heteroatoms. The van der Waals surface area contributed by atoms with E-state index in [1.807, 2.05) is 27.7 Å². The van der Waals surface area contributed by atoms with Gasteiger partial charge in [0.1, 0.15) is 0 Å². The van der Waals surface area contributed by atoms with Crippen LogP contribution in [0.15, 0.2) is 0 Å². The van der Waals surface area contributed by atoms with Crippen molar-refractivity contribution in [3.63, 3.8) is 0 Å². The lowest BCUT2D eigenvalue weighted by atomic mass is 10.4. The van der Waals surface area contributed by atoms with Gasteiger partial charge in [0.25, 0.3) is 0 Å². The summed E-state index contributed by atoms with van der Waals surface area (Å²) in [5.74, 6) is 0. The van der Waals surface area contributed by atoms with Gasteiger partial charge in [-0.15, -0.1) is 0 Å². The molecule has 0 bridgehead atoms. The van der Waals surface area contributed by atoms with E-state index < -0.39 is 6.03 Å². The van der Waals surface area contributed by atoms with Crippen molar-refractivity contribution >= 4 is 6.03 Å². The Labute approximate surface area is 56.6 Å². The number of carbonyl (C=O) groups excluding carboxylic acids is 1. The molecule has 0 saturated carbocycles. The summed E-state index contributed by atoms with van der Waals surface area (Å²) in [5, 5.41) is 2.44. The molecule has 0 heterocycles. The van der Waals surface area contributed by atoms with E-state index in [-0.39, 0.29) is 6.04 Å². The third kappa shape index (κ3) is 18.9. The number of hydrogen-bond acceptors (Lipinski definition) is 1. The van der Waals surface area contributed by atoms with Crippen LogP contribution < -0.4 is 11.1 Å². The van der Waals surface area contributed by atoms with Crippen LogP contribution in [0.1, 0.15) is 27.7 Å². The van der Waals surface area contributed by atoms with Gasteiger partial charge in [-0.3, -0.25) is 0 Å². The van der Waals surface area contributed by atoms with Gasteiger partial charge < -0.3 is 11.1 Å². The molecule has 0 aromatic rings. The molecule has 9 heavy (non-hydrogen) atoms. The summed E-state index contributed by atoms with van der Waals surface area (Å²) in [4.78, 5) is 9.92. The van der Waals surface area contributed by atoms with Crippen LogP contribution in [0.5, 0.6) is 0 Å². The molecule has 3 nitrogen and oxygen atoms in total. The van der Waals surface area contributed by atoms with Gasteiger partial charge in [-0.2, -0.15) is 0 Å². The van der Waals surface area contributed by atoms with Gasteiger partial charge in [0, 0.05) is 6.04 Å². The summed E-state index contributed by atoms with van der Waals surface area (Å²) >= 11 is 0. The molecule has 0 fully saturated rings. The van der Waals surface area contributed by atoms with Crippen molar-refractivity contribution < 1.29 is 4.79 Å². The largest absolute Gasteiger partial charge is 0.352 e. The average molecular weight is 132 g/mol. The average Bonchev–Trinajstić information content (AvgIpc) is 1.68. The molecule has 2 amide bonds. The molecule has 0 spiro atoms. The fourth-order valence-corrected chi connectivity index (χ4v) is 0.285. The zero-order valence-electron chi connectivity index (χ0n) is 6.56. The minimum atomic E-state index is -0.463. The molecule has 0 aliphatic carbocycles. The van der Waals surface area contributed by atoms with Crippen LogP contribution in [0.25, 0.3) is 0 Å². The number of urea groups is 1. The number of nitrogens with two attached hydrogens (primary N) is 1. The third-order valence-corrected chi connectivity index (χ3v) is 0.431. The molecule has 0 rings (SSSR count). The molecule has 0 atom stereocenters. The van der Waals surface area contributed by atoms with Crippen LogP contribution in [0, 0.1) is 0 Å². The predicted octanol–water partition coefficient (Wildman–Crippen LogP) is 1.09. The Hall–Kier alpha value is -0.730. The number of rotatable bonds is 1. The molecule has 0 aliphatic rings. The van der Waals surface area contributed by atoms with Crippen LogP contribution >= 0.6 is 0 Å². The first-order valence-corrected chi connectivity index (χ1v) is 3.19. The smallest absolute Gasteiger partial charge is 0.312 e. The van der Waals surface area contributed by atoms with Gasteiger partial charge in [-0.1, -0.05) is 13.8 Å². The van der Waals surface area contributed by atoms with Gasteiger partial charge in [0.05, 0.1) is 0 Å². The molecule has 0 aromatic carbocycles. The molecular weight excluding hydrogens is 116 g/mol. The summed E-state index contributed by atoms with van der Waals surface area (Å²) in [5.41, 5.74) is 4.74. The summed E-state index contributed by atoms with van der Waals surface area (Å²) in [6.07, 6.45) is 0. The highest BCUT2D eigenvalue weighted by Gasteiger charge is 1.91. The first kappa shape index (κ1) is 11.1. The van der Waals surface area contributed by atoms with Crippen LogP contribution in [-0.4, -0.2) is 12.1 Å². The Balaban J connectivity index is 0. The third-order valence-electron chi connectivity index (χ3n) is 0.431. The molecule has 0 radical (unpaired) electrons. The van der Waals surface area contributed by atoms with Gasteiger partial charge in [-0.05, 0) is 13.8 Å². The van der Waals surface area contributed by atoms with Crippen LogP contribution in [-0.2, 0) is 0 Å². The van der Waals surface area contributed by atoms with Crippen molar-refractivity contribution in [3.05, 3.63) is 0 Å². The highest BCUT2D eigenvalue weighted by atomic mass is 16.2. The Morgan fingerprint density at radius 3 is 1.78 bits per heavy atom. The van der Waals surface area contributed by atoms with Crippen LogP contribution in [0.4, 0.5) is 4.79 Å². The molecule has 0 saturated heterocycles. The van der Waals surface area contributed by atoms with Crippen molar-refractivity contribution in [2.24, 2.45) is 5.73 Å². The molecule has 56 valence electrons. The highest BCUT2D eigenvalue weighted by Crippen LogP contribution is 1.71. The normalized spacial score (nSPS) is 7.67. The minimum Gasteiger partial charge on any atom is -0.352 e. The van der Waals surface area contributed by atoms with Crippen molar-refractivity contribution in [2.45, 2.75) is 33.7 Å². The van der Waals surface area contributed by atoms with Crippen molar-refractivity contribution in [1.82, 2.24) is 5.32 Å². The van der Waals surface area contributed by atoms with Crippen molar-refractivity contribution in [1.29, 1.82) is 0 Å². The fraction of sp³-hybridized carbons (Fsp3) is 0.833. The molecule has 3 N–H and O–H groups in total. The summed E-state index contributed by atoms with van der Waals surface area (Å²) in [6, 6.07) is -0.312. The fourth-order valence-electron chi connectivity index (χ4n) is 0.285. The summed E-state index contributed by atoms with van der Waals surface area (Å²) in [7, 11) is 0. The van der Waals surface area contributed by atoms with E-state index >= 15 is 0 Å². The maximum Gasteiger partial charge on any atom is 0.312 e. The van der Waals surface area contributed by atoms with E-state index in [2.05, 4.69) is 5.32 Å². The van der Waals surface area contributed by atoms with Crippen molar-refractivity contribution in [3.8, 4) is 0 Å². The second kappa shape index (κ2) is 7.27. The zero-order valence-corrected chi connectivity index (χ0v) is 6.56. The maximum atomic E-state index is 9.92. The molecule has 0 aliphatic heterocycles. The van der Waals surface area contributed by atoms with E-state index in [0.29, 0.717) is 0 Å². The minimum absolute atomic E-state index is 0.150. The predicted molar refractivity (Wildman–Crippen MR) is 39.2 cm³/mol. The number of carbonyl (C=O) groups is 1. The number of hydrogen-bond donors (Lipinski definition) is 2. The quantitative estimate of drug-likeness (QED) is 0.551. The van der Waals surface area contributed by atoms with Crippen LogP contribution in [0.3, 0.4) is 0 Å². The Bertz CT molecular complexity index is 71.5. The van der Waals surface area contributed by atoms with Crippen molar-refractivity contribution in [2.75, 3.05) is 0 Å². The Morgan fingerprint density at radius 2 is 1.78 bits per heavy atom. The number of amides is 2.